The summed E-state index contributed by atoms with van der Waals surface area (Å²) in [5.74, 6) is 0.303. The largest absolute Gasteiger partial charge is 0.508 e. The number of aryl methyl sites for hydroxylation is 2. The van der Waals surface area contributed by atoms with Gasteiger partial charge in [-0.2, -0.15) is 0 Å². The molecular weight excluding hydrogens is 641 g/mol. The Labute approximate surface area is 321 Å². The topological polar surface area (TPSA) is 80.9 Å². The van der Waals surface area contributed by atoms with E-state index >= 15 is 0 Å². The van der Waals surface area contributed by atoms with Gasteiger partial charge in [-0.05, 0) is 55.4 Å². The SMILES string of the molecule is CCCCCCCCCCCCc1cc(C(CCCCCCCCCCC)c2cc(CCCCCCCCCCCC)c(O)cc2O)c(O)cc1O. The van der Waals surface area contributed by atoms with Crippen LogP contribution in [0.25, 0.3) is 0 Å². The average Bonchev–Trinajstić information content (AvgIpc) is 3.13. The van der Waals surface area contributed by atoms with Gasteiger partial charge in [0.1, 0.15) is 23.0 Å². The molecule has 0 saturated heterocycles. The maximum atomic E-state index is 11.3. The molecule has 4 nitrogen and oxygen atoms in total. The minimum Gasteiger partial charge on any atom is -0.508 e. The molecule has 0 saturated carbocycles. The van der Waals surface area contributed by atoms with Gasteiger partial charge in [-0.1, -0.05) is 194 Å². The Morgan fingerprint density at radius 3 is 0.904 bits per heavy atom. The van der Waals surface area contributed by atoms with Crippen molar-refractivity contribution in [3.8, 4) is 23.0 Å². The molecule has 52 heavy (non-hydrogen) atoms. The van der Waals surface area contributed by atoms with Crippen LogP contribution in [0.4, 0.5) is 0 Å². The summed E-state index contributed by atoms with van der Waals surface area (Å²) in [6, 6.07) is 7.05. The average molecular weight is 723 g/mol. The molecule has 0 aliphatic rings. The summed E-state index contributed by atoms with van der Waals surface area (Å²) in [6.07, 6.45) is 38.9. The van der Waals surface area contributed by atoms with Gasteiger partial charge in [-0.3, -0.25) is 0 Å². The van der Waals surface area contributed by atoms with E-state index in [1.165, 1.54) is 160 Å². The van der Waals surface area contributed by atoms with Gasteiger partial charge in [0.15, 0.2) is 0 Å². The van der Waals surface area contributed by atoms with Gasteiger partial charge in [-0.25, -0.2) is 0 Å². The summed E-state index contributed by atoms with van der Waals surface area (Å²) in [5.41, 5.74) is 3.33. The fourth-order valence-corrected chi connectivity index (χ4v) is 7.98. The molecule has 0 atom stereocenters. The van der Waals surface area contributed by atoms with Crippen molar-refractivity contribution >= 4 is 0 Å². The first kappa shape index (κ1) is 45.8. The van der Waals surface area contributed by atoms with Crippen molar-refractivity contribution in [3.63, 3.8) is 0 Å². The number of hydrogen-bond acceptors (Lipinski definition) is 4. The van der Waals surface area contributed by atoms with Crippen LogP contribution in [0.2, 0.25) is 0 Å². The van der Waals surface area contributed by atoms with Crippen molar-refractivity contribution in [2.75, 3.05) is 0 Å². The lowest BCUT2D eigenvalue weighted by atomic mass is 9.83. The number of phenols is 4. The minimum absolute atomic E-state index is 0.0916. The Kier molecular flexibility index (Phi) is 26.4. The van der Waals surface area contributed by atoms with Gasteiger partial charge < -0.3 is 20.4 Å². The van der Waals surface area contributed by atoms with E-state index in [-0.39, 0.29) is 28.9 Å². The molecule has 0 aromatic heterocycles. The molecule has 0 spiro atoms. The first-order valence-corrected chi connectivity index (χ1v) is 22.5. The predicted molar refractivity (Wildman–Crippen MR) is 224 cm³/mol. The van der Waals surface area contributed by atoms with E-state index in [0.29, 0.717) is 0 Å². The molecule has 0 bridgehead atoms. The molecule has 0 heterocycles. The highest BCUT2D eigenvalue weighted by atomic mass is 16.3. The van der Waals surface area contributed by atoms with Crippen LogP contribution in [0.1, 0.15) is 242 Å². The Morgan fingerprint density at radius 1 is 0.327 bits per heavy atom. The Balaban J connectivity index is 2.09. The molecule has 0 aliphatic heterocycles. The quantitative estimate of drug-likeness (QED) is 0.0542. The third-order valence-corrected chi connectivity index (χ3v) is 11.4. The molecule has 0 aliphatic carbocycles. The summed E-state index contributed by atoms with van der Waals surface area (Å²) in [6.45, 7) is 6.79. The van der Waals surface area contributed by atoms with Gasteiger partial charge in [0.2, 0.25) is 0 Å². The highest BCUT2D eigenvalue weighted by Crippen LogP contribution is 2.44. The zero-order chi connectivity index (χ0) is 37.7. The number of unbranched alkanes of at least 4 members (excludes halogenated alkanes) is 26. The summed E-state index contributed by atoms with van der Waals surface area (Å²) in [5, 5.41) is 44.3. The maximum absolute atomic E-state index is 11.3. The van der Waals surface area contributed by atoms with Crippen molar-refractivity contribution in [3.05, 3.63) is 46.5 Å². The monoisotopic (exact) mass is 723 g/mol. The van der Waals surface area contributed by atoms with E-state index in [0.717, 1.165) is 80.0 Å². The lowest BCUT2D eigenvalue weighted by molar-refractivity contribution is 0.427. The van der Waals surface area contributed by atoms with Crippen LogP contribution in [0.5, 0.6) is 23.0 Å². The summed E-state index contributed by atoms with van der Waals surface area (Å²) in [7, 11) is 0. The third-order valence-electron chi connectivity index (χ3n) is 11.4. The van der Waals surface area contributed by atoms with Crippen LogP contribution in [0.3, 0.4) is 0 Å². The van der Waals surface area contributed by atoms with E-state index in [1.807, 2.05) is 12.1 Å². The van der Waals surface area contributed by atoms with Gasteiger partial charge in [0.05, 0.1) is 0 Å². The van der Waals surface area contributed by atoms with E-state index in [1.54, 1.807) is 0 Å². The lowest BCUT2D eigenvalue weighted by Crippen LogP contribution is -2.05. The lowest BCUT2D eigenvalue weighted by Gasteiger charge is -2.23. The predicted octanol–water partition coefficient (Wildman–Crippen LogP) is 15.5. The number of benzene rings is 2. The van der Waals surface area contributed by atoms with Crippen LogP contribution in [0.15, 0.2) is 24.3 Å². The molecule has 2 aromatic rings. The zero-order valence-corrected chi connectivity index (χ0v) is 34.3. The van der Waals surface area contributed by atoms with Gasteiger partial charge in [0.25, 0.3) is 0 Å². The van der Waals surface area contributed by atoms with Crippen LogP contribution in [-0.4, -0.2) is 20.4 Å². The number of rotatable bonds is 34. The molecule has 0 radical (unpaired) electrons. The second kappa shape index (κ2) is 30.0. The Morgan fingerprint density at radius 2 is 0.596 bits per heavy atom. The second-order valence-corrected chi connectivity index (χ2v) is 16.1. The maximum Gasteiger partial charge on any atom is 0.123 e. The second-order valence-electron chi connectivity index (χ2n) is 16.1. The van der Waals surface area contributed by atoms with Gasteiger partial charge >= 0.3 is 0 Å². The molecule has 2 rings (SSSR count). The minimum atomic E-state index is -0.205. The van der Waals surface area contributed by atoms with Crippen molar-refractivity contribution in [1.82, 2.24) is 0 Å². The van der Waals surface area contributed by atoms with Crippen LogP contribution >= 0.6 is 0 Å². The zero-order valence-electron chi connectivity index (χ0n) is 34.3. The summed E-state index contributed by atoms with van der Waals surface area (Å²) in [4.78, 5) is 0. The van der Waals surface area contributed by atoms with Crippen LogP contribution in [0, 0.1) is 0 Å². The first-order valence-electron chi connectivity index (χ1n) is 22.5. The third kappa shape index (κ3) is 19.6. The van der Waals surface area contributed by atoms with E-state index in [9.17, 15) is 20.4 Å². The summed E-state index contributed by atoms with van der Waals surface area (Å²) < 4.78 is 0. The first-order chi connectivity index (χ1) is 25.4. The number of hydrogen-bond donors (Lipinski definition) is 4. The molecule has 2 aromatic carbocycles. The molecule has 298 valence electrons. The Hall–Kier alpha value is -2.36. The fraction of sp³-hybridized carbons (Fsp3) is 0.750. The fourth-order valence-electron chi connectivity index (χ4n) is 7.98. The van der Waals surface area contributed by atoms with Crippen molar-refractivity contribution in [1.29, 1.82) is 0 Å². The molecule has 4 N–H and O–H groups in total. The smallest absolute Gasteiger partial charge is 0.123 e. The van der Waals surface area contributed by atoms with Crippen molar-refractivity contribution in [2.24, 2.45) is 0 Å². The highest BCUT2D eigenvalue weighted by Gasteiger charge is 2.24. The Bertz CT molecular complexity index is 1080. The molecule has 0 amide bonds. The number of phenolic OH excluding ortho intramolecular Hbond substituents is 4. The summed E-state index contributed by atoms with van der Waals surface area (Å²) >= 11 is 0. The number of aromatic hydroxyl groups is 4. The van der Waals surface area contributed by atoms with Crippen LogP contribution < -0.4 is 0 Å². The standard InChI is InChI=1S/C48H82O4/c1-4-7-10-13-16-19-22-24-27-30-33-40-36-43(47(51)38-45(40)49)42(35-32-29-26-21-18-15-12-9-6-3)44-37-41(46(50)39-48(44)52)34-31-28-25-23-20-17-14-11-8-5-2/h36-39,42,49-52H,4-35H2,1-3H3. The molecule has 0 fully saturated rings. The van der Waals surface area contributed by atoms with Crippen molar-refractivity contribution in [2.45, 2.75) is 232 Å². The normalized spacial score (nSPS) is 11.6. The molecular formula is C48H82O4. The van der Waals surface area contributed by atoms with Crippen LogP contribution in [-0.2, 0) is 12.8 Å². The van der Waals surface area contributed by atoms with E-state index in [4.69, 9.17) is 0 Å². The highest BCUT2D eigenvalue weighted by molar-refractivity contribution is 5.54. The molecule has 4 heteroatoms. The molecule has 0 unspecified atom stereocenters. The van der Waals surface area contributed by atoms with Gasteiger partial charge in [-0.15, -0.1) is 0 Å². The van der Waals surface area contributed by atoms with E-state index < -0.39 is 0 Å². The van der Waals surface area contributed by atoms with Crippen molar-refractivity contribution < 1.29 is 20.4 Å². The van der Waals surface area contributed by atoms with Gasteiger partial charge in [0, 0.05) is 29.2 Å². The van der Waals surface area contributed by atoms with E-state index in [2.05, 4.69) is 20.8 Å².